The summed E-state index contributed by atoms with van der Waals surface area (Å²) in [5.74, 6) is 1.04. The first-order chi connectivity index (χ1) is 8.70. The van der Waals surface area contributed by atoms with Crippen LogP contribution >= 0.6 is 0 Å². The van der Waals surface area contributed by atoms with Gasteiger partial charge in [-0.25, -0.2) is 0 Å². The van der Waals surface area contributed by atoms with E-state index in [2.05, 4.69) is 37.4 Å². The predicted molar refractivity (Wildman–Crippen MR) is 73.0 cm³/mol. The van der Waals surface area contributed by atoms with Gasteiger partial charge in [0, 0.05) is 25.1 Å². The molecule has 0 amide bonds. The molecule has 0 fully saturated rings. The molecule has 2 rings (SSSR count). The number of fused-ring (bicyclic) bond motifs is 1. The predicted octanol–water partition coefficient (Wildman–Crippen LogP) is 2.43. The molecule has 3 heteroatoms. The van der Waals surface area contributed by atoms with E-state index in [1.54, 1.807) is 0 Å². The van der Waals surface area contributed by atoms with E-state index in [4.69, 9.17) is 9.84 Å². The van der Waals surface area contributed by atoms with Crippen LogP contribution in [0.4, 0.5) is 0 Å². The maximum Gasteiger partial charge on any atom is 0.122 e. The van der Waals surface area contributed by atoms with Gasteiger partial charge >= 0.3 is 0 Å². The van der Waals surface area contributed by atoms with Crippen molar-refractivity contribution in [3.8, 4) is 5.75 Å². The van der Waals surface area contributed by atoms with Crippen molar-refractivity contribution < 1.29 is 9.84 Å². The lowest BCUT2D eigenvalue weighted by Crippen LogP contribution is -2.29. The monoisotopic (exact) mass is 249 g/mol. The van der Waals surface area contributed by atoms with Gasteiger partial charge in [-0.05, 0) is 43.9 Å². The van der Waals surface area contributed by atoms with Gasteiger partial charge in [-0.1, -0.05) is 12.1 Å². The maximum absolute atomic E-state index is 8.83. The standard InChI is InChI=1S/C15H23NO2/c1-11(4-3-8-17)16-12(2)13-5-6-15-14(10-13)7-9-18-15/h5-6,10-12,16-17H,3-4,7-9H2,1-2H3. The molecular weight excluding hydrogens is 226 g/mol. The molecule has 0 saturated carbocycles. The lowest BCUT2D eigenvalue weighted by molar-refractivity contribution is 0.274. The van der Waals surface area contributed by atoms with Gasteiger partial charge in [0.25, 0.3) is 0 Å². The Balaban J connectivity index is 1.94. The highest BCUT2D eigenvalue weighted by Gasteiger charge is 2.15. The highest BCUT2D eigenvalue weighted by atomic mass is 16.5. The highest BCUT2D eigenvalue weighted by Crippen LogP contribution is 2.28. The van der Waals surface area contributed by atoms with Crippen molar-refractivity contribution in [1.29, 1.82) is 0 Å². The van der Waals surface area contributed by atoms with Crippen molar-refractivity contribution in [1.82, 2.24) is 5.32 Å². The lowest BCUT2D eigenvalue weighted by Gasteiger charge is -2.20. The Morgan fingerprint density at radius 2 is 2.22 bits per heavy atom. The minimum Gasteiger partial charge on any atom is -0.493 e. The van der Waals surface area contributed by atoms with Crippen LogP contribution in [-0.2, 0) is 6.42 Å². The van der Waals surface area contributed by atoms with E-state index >= 15 is 0 Å². The van der Waals surface area contributed by atoms with Crippen LogP contribution in [-0.4, -0.2) is 24.4 Å². The lowest BCUT2D eigenvalue weighted by atomic mass is 10.0. The summed E-state index contributed by atoms with van der Waals surface area (Å²) in [4.78, 5) is 0. The molecule has 1 aliphatic rings. The zero-order chi connectivity index (χ0) is 13.0. The number of benzene rings is 1. The first-order valence-electron chi connectivity index (χ1n) is 6.83. The van der Waals surface area contributed by atoms with Crippen molar-refractivity contribution in [2.45, 2.75) is 45.2 Å². The first-order valence-corrected chi connectivity index (χ1v) is 6.83. The largest absolute Gasteiger partial charge is 0.493 e. The molecule has 1 aromatic carbocycles. The Bertz CT molecular complexity index is 392. The van der Waals surface area contributed by atoms with E-state index in [1.807, 2.05) is 0 Å². The topological polar surface area (TPSA) is 41.5 Å². The maximum atomic E-state index is 8.83. The summed E-state index contributed by atoms with van der Waals surface area (Å²) in [5, 5.41) is 12.4. The zero-order valence-electron chi connectivity index (χ0n) is 11.3. The normalized spacial score (nSPS) is 17.1. The molecule has 1 aromatic rings. The quantitative estimate of drug-likeness (QED) is 0.813. The Hall–Kier alpha value is -1.06. The molecule has 3 nitrogen and oxygen atoms in total. The molecule has 0 spiro atoms. The fourth-order valence-electron chi connectivity index (χ4n) is 2.48. The smallest absolute Gasteiger partial charge is 0.122 e. The Labute approximate surface area is 109 Å². The SMILES string of the molecule is CC(CCCO)NC(C)c1ccc2c(c1)CCO2. The molecule has 2 atom stereocenters. The van der Waals surface area contributed by atoms with Gasteiger partial charge < -0.3 is 15.2 Å². The van der Waals surface area contributed by atoms with Crippen LogP contribution in [0, 0.1) is 0 Å². The molecular formula is C15H23NO2. The Morgan fingerprint density at radius 3 is 3.00 bits per heavy atom. The van der Waals surface area contributed by atoms with Crippen molar-refractivity contribution in [3.63, 3.8) is 0 Å². The average molecular weight is 249 g/mol. The van der Waals surface area contributed by atoms with Crippen LogP contribution in [0.3, 0.4) is 0 Å². The second kappa shape index (κ2) is 6.21. The van der Waals surface area contributed by atoms with Crippen LogP contribution in [0.2, 0.25) is 0 Å². The average Bonchev–Trinajstić information content (AvgIpc) is 2.83. The number of aliphatic hydroxyl groups is 1. The van der Waals surface area contributed by atoms with Gasteiger partial charge in [0.15, 0.2) is 0 Å². The molecule has 100 valence electrons. The van der Waals surface area contributed by atoms with Gasteiger partial charge in [0.1, 0.15) is 5.75 Å². The van der Waals surface area contributed by atoms with E-state index in [0.717, 1.165) is 31.6 Å². The Morgan fingerprint density at radius 1 is 1.39 bits per heavy atom. The number of nitrogens with one attached hydrogen (secondary N) is 1. The van der Waals surface area contributed by atoms with Crippen molar-refractivity contribution in [2.75, 3.05) is 13.2 Å². The summed E-state index contributed by atoms with van der Waals surface area (Å²) < 4.78 is 5.52. The summed E-state index contributed by atoms with van der Waals surface area (Å²) >= 11 is 0. The second-order valence-electron chi connectivity index (χ2n) is 5.12. The van der Waals surface area contributed by atoms with E-state index in [-0.39, 0.29) is 6.61 Å². The van der Waals surface area contributed by atoms with Crippen LogP contribution in [0.1, 0.15) is 43.9 Å². The molecule has 0 saturated heterocycles. The third kappa shape index (κ3) is 3.24. The molecule has 0 aromatic heterocycles. The first kappa shape index (κ1) is 13.4. The van der Waals surface area contributed by atoms with E-state index in [1.165, 1.54) is 11.1 Å². The van der Waals surface area contributed by atoms with Crippen LogP contribution in [0.25, 0.3) is 0 Å². The molecule has 2 unspecified atom stereocenters. The number of hydrogen-bond donors (Lipinski definition) is 2. The molecule has 0 bridgehead atoms. The van der Waals surface area contributed by atoms with E-state index in [0.29, 0.717) is 12.1 Å². The number of hydrogen-bond acceptors (Lipinski definition) is 3. The summed E-state index contributed by atoms with van der Waals surface area (Å²) in [7, 11) is 0. The second-order valence-corrected chi connectivity index (χ2v) is 5.12. The van der Waals surface area contributed by atoms with Crippen LogP contribution < -0.4 is 10.1 Å². The van der Waals surface area contributed by atoms with E-state index in [9.17, 15) is 0 Å². The molecule has 18 heavy (non-hydrogen) atoms. The molecule has 0 radical (unpaired) electrons. The summed E-state index contributed by atoms with van der Waals surface area (Å²) in [6.45, 7) is 5.44. The number of aliphatic hydroxyl groups excluding tert-OH is 1. The van der Waals surface area contributed by atoms with Gasteiger partial charge in [-0.15, -0.1) is 0 Å². The number of rotatable bonds is 6. The van der Waals surface area contributed by atoms with Crippen molar-refractivity contribution in [2.24, 2.45) is 0 Å². The molecule has 1 heterocycles. The van der Waals surface area contributed by atoms with Crippen molar-refractivity contribution in [3.05, 3.63) is 29.3 Å². The fraction of sp³-hybridized carbons (Fsp3) is 0.600. The van der Waals surface area contributed by atoms with Crippen LogP contribution in [0.5, 0.6) is 5.75 Å². The third-order valence-corrected chi connectivity index (χ3v) is 3.54. The minimum atomic E-state index is 0.274. The zero-order valence-corrected chi connectivity index (χ0v) is 11.3. The molecule has 2 N–H and O–H groups in total. The third-order valence-electron chi connectivity index (χ3n) is 3.54. The fourth-order valence-corrected chi connectivity index (χ4v) is 2.48. The molecule has 0 aliphatic carbocycles. The van der Waals surface area contributed by atoms with Gasteiger partial charge in [-0.3, -0.25) is 0 Å². The summed E-state index contributed by atoms with van der Waals surface area (Å²) in [5.41, 5.74) is 2.64. The van der Waals surface area contributed by atoms with E-state index < -0.39 is 0 Å². The summed E-state index contributed by atoms with van der Waals surface area (Å²) in [6, 6.07) is 7.23. The van der Waals surface area contributed by atoms with Gasteiger partial charge in [0.2, 0.25) is 0 Å². The van der Waals surface area contributed by atoms with Gasteiger partial charge in [-0.2, -0.15) is 0 Å². The highest BCUT2D eigenvalue weighted by molar-refractivity contribution is 5.40. The van der Waals surface area contributed by atoms with Gasteiger partial charge in [0.05, 0.1) is 6.61 Å². The van der Waals surface area contributed by atoms with Crippen molar-refractivity contribution >= 4 is 0 Å². The minimum absolute atomic E-state index is 0.274. The molecule has 1 aliphatic heterocycles. The summed E-state index contributed by atoms with van der Waals surface area (Å²) in [6.07, 6.45) is 2.89. The van der Waals surface area contributed by atoms with Crippen LogP contribution in [0.15, 0.2) is 18.2 Å². The Kier molecular flexibility index (Phi) is 4.61. The number of ether oxygens (including phenoxy) is 1.